The van der Waals surface area contributed by atoms with Gasteiger partial charge in [-0.15, -0.1) is 0 Å². The van der Waals surface area contributed by atoms with Crippen LogP contribution in [0.2, 0.25) is 0 Å². The highest BCUT2D eigenvalue weighted by atomic mass is 16.6. The van der Waals surface area contributed by atoms with Crippen LogP contribution in [0.15, 0.2) is 30.3 Å². The summed E-state index contributed by atoms with van der Waals surface area (Å²) < 4.78 is 10.6. The molecule has 1 amide bonds. The first-order valence-corrected chi connectivity index (χ1v) is 8.17. The van der Waals surface area contributed by atoms with E-state index < -0.39 is 35.9 Å². The monoisotopic (exact) mass is 351 g/mol. The van der Waals surface area contributed by atoms with Gasteiger partial charge in [-0.25, -0.2) is 9.59 Å². The summed E-state index contributed by atoms with van der Waals surface area (Å²) in [5.41, 5.74) is -1.47. The Hall–Kier alpha value is -2.12. The zero-order valence-electron chi connectivity index (χ0n) is 14.8. The lowest BCUT2D eigenvalue weighted by Gasteiger charge is -2.27. The SMILES string of the molecule is CC(C)(C)OC(=O)N1C[C@](O)(CO)C[C@H]1C(=O)OCc1ccccc1. The van der Waals surface area contributed by atoms with Gasteiger partial charge in [0.05, 0.1) is 13.2 Å². The van der Waals surface area contributed by atoms with E-state index in [1.165, 1.54) is 0 Å². The van der Waals surface area contributed by atoms with E-state index in [4.69, 9.17) is 9.47 Å². The van der Waals surface area contributed by atoms with Crippen LogP contribution in [0.3, 0.4) is 0 Å². The van der Waals surface area contributed by atoms with E-state index in [0.29, 0.717) is 0 Å². The number of aliphatic hydroxyl groups is 2. The highest BCUT2D eigenvalue weighted by Crippen LogP contribution is 2.29. The molecular weight excluding hydrogens is 326 g/mol. The first kappa shape index (κ1) is 19.2. The van der Waals surface area contributed by atoms with Crippen molar-refractivity contribution in [2.75, 3.05) is 13.2 Å². The quantitative estimate of drug-likeness (QED) is 0.798. The Balaban J connectivity index is 2.08. The fourth-order valence-corrected chi connectivity index (χ4v) is 2.62. The molecule has 7 heteroatoms. The predicted octanol–water partition coefficient (Wildman–Crippen LogP) is 1.46. The third kappa shape index (κ3) is 5.17. The lowest BCUT2D eigenvalue weighted by Crippen LogP contribution is -2.45. The molecule has 0 aliphatic carbocycles. The molecule has 1 aliphatic heterocycles. The van der Waals surface area contributed by atoms with E-state index in [1.807, 2.05) is 30.3 Å². The molecule has 0 radical (unpaired) electrons. The molecule has 2 N–H and O–H groups in total. The zero-order valence-corrected chi connectivity index (χ0v) is 14.8. The Morgan fingerprint density at radius 1 is 1.28 bits per heavy atom. The number of likely N-dealkylation sites (tertiary alicyclic amines) is 1. The van der Waals surface area contributed by atoms with Crippen molar-refractivity contribution >= 4 is 12.1 Å². The van der Waals surface area contributed by atoms with Crippen LogP contribution in [0, 0.1) is 0 Å². The van der Waals surface area contributed by atoms with Crippen LogP contribution in [-0.4, -0.2) is 57.6 Å². The van der Waals surface area contributed by atoms with Crippen molar-refractivity contribution in [3.8, 4) is 0 Å². The number of carbonyl (C=O) groups is 2. The molecule has 1 heterocycles. The number of esters is 1. The normalized spacial score (nSPS) is 23.4. The number of benzene rings is 1. The fourth-order valence-electron chi connectivity index (χ4n) is 2.62. The number of β-amino-alcohol motifs (C(OH)–C–C–N with tert-alkyl or cyclic N) is 1. The van der Waals surface area contributed by atoms with Gasteiger partial charge >= 0.3 is 12.1 Å². The van der Waals surface area contributed by atoms with E-state index in [-0.39, 0.29) is 19.6 Å². The summed E-state index contributed by atoms with van der Waals surface area (Å²) in [7, 11) is 0. The molecular formula is C18H25NO6. The number of aliphatic hydroxyl groups excluding tert-OH is 1. The number of hydrogen-bond donors (Lipinski definition) is 2. The first-order chi connectivity index (χ1) is 11.6. The summed E-state index contributed by atoms with van der Waals surface area (Å²) >= 11 is 0. The number of amides is 1. The van der Waals surface area contributed by atoms with Crippen molar-refractivity contribution in [2.45, 2.75) is 51.0 Å². The summed E-state index contributed by atoms with van der Waals surface area (Å²) in [6.45, 7) is 4.44. The van der Waals surface area contributed by atoms with Crippen molar-refractivity contribution in [2.24, 2.45) is 0 Å². The Bertz CT molecular complexity index is 612. The minimum Gasteiger partial charge on any atom is -0.459 e. The van der Waals surface area contributed by atoms with Crippen LogP contribution < -0.4 is 0 Å². The van der Waals surface area contributed by atoms with E-state index in [2.05, 4.69) is 0 Å². The van der Waals surface area contributed by atoms with E-state index in [9.17, 15) is 19.8 Å². The summed E-state index contributed by atoms with van der Waals surface area (Å²) in [5, 5.41) is 19.7. The smallest absolute Gasteiger partial charge is 0.411 e. The number of nitrogens with zero attached hydrogens (tertiary/aromatic N) is 1. The minimum atomic E-state index is -1.55. The van der Waals surface area contributed by atoms with Crippen LogP contribution in [0.1, 0.15) is 32.8 Å². The highest BCUT2D eigenvalue weighted by Gasteiger charge is 2.49. The molecule has 0 bridgehead atoms. The van der Waals surface area contributed by atoms with E-state index in [0.717, 1.165) is 10.5 Å². The van der Waals surface area contributed by atoms with Crippen LogP contribution in [0.4, 0.5) is 4.79 Å². The molecule has 0 unspecified atom stereocenters. The van der Waals surface area contributed by atoms with Crippen LogP contribution in [0.25, 0.3) is 0 Å². The molecule has 0 spiro atoms. The van der Waals surface area contributed by atoms with Gasteiger partial charge in [0, 0.05) is 6.42 Å². The van der Waals surface area contributed by atoms with Gasteiger partial charge < -0.3 is 19.7 Å². The Labute approximate surface area is 147 Å². The number of rotatable bonds is 4. The van der Waals surface area contributed by atoms with Crippen LogP contribution >= 0.6 is 0 Å². The summed E-state index contributed by atoms with van der Waals surface area (Å²) in [5.74, 6) is -0.640. The zero-order chi connectivity index (χ0) is 18.7. The molecule has 2 rings (SSSR count). The van der Waals surface area contributed by atoms with Gasteiger partial charge in [-0.3, -0.25) is 4.90 Å². The van der Waals surface area contributed by atoms with Gasteiger partial charge in [-0.1, -0.05) is 30.3 Å². The molecule has 1 fully saturated rings. The van der Waals surface area contributed by atoms with Gasteiger partial charge in [0.25, 0.3) is 0 Å². The van der Waals surface area contributed by atoms with Crippen LogP contribution in [0.5, 0.6) is 0 Å². The fraction of sp³-hybridized carbons (Fsp3) is 0.556. The third-order valence-electron chi connectivity index (χ3n) is 3.83. The molecule has 1 saturated heterocycles. The van der Waals surface area contributed by atoms with Crippen molar-refractivity contribution in [1.29, 1.82) is 0 Å². The lowest BCUT2D eigenvalue weighted by molar-refractivity contribution is -0.150. The van der Waals surface area contributed by atoms with Gasteiger partial charge in [0.1, 0.15) is 23.9 Å². The molecule has 0 aromatic heterocycles. The van der Waals surface area contributed by atoms with Gasteiger partial charge in [-0.2, -0.15) is 0 Å². The van der Waals surface area contributed by atoms with Crippen molar-refractivity contribution < 1.29 is 29.3 Å². The molecule has 1 aliphatic rings. The number of ether oxygens (including phenoxy) is 2. The Morgan fingerprint density at radius 2 is 1.92 bits per heavy atom. The second-order valence-corrected chi connectivity index (χ2v) is 7.30. The molecule has 2 atom stereocenters. The van der Waals surface area contributed by atoms with Gasteiger partial charge in [-0.05, 0) is 26.3 Å². The van der Waals surface area contributed by atoms with E-state index in [1.54, 1.807) is 20.8 Å². The number of carbonyl (C=O) groups excluding carboxylic acids is 2. The maximum absolute atomic E-state index is 12.4. The van der Waals surface area contributed by atoms with Gasteiger partial charge in [0.15, 0.2) is 0 Å². The largest absolute Gasteiger partial charge is 0.459 e. The number of hydrogen-bond acceptors (Lipinski definition) is 6. The maximum Gasteiger partial charge on any atom is 0.411 e. The van der Waals surface area contributed by atoms with Gasteiger partial charge in [0.2, 0.25) is 0 Å². The van der Waals surface area contributed by atoms with Crippen LogP contribution in [-0.2, 0) is 20.9 Å². The topological polar surface area (TPSA) is 96.3 Å². The van der Waals surface area contributed by atoms with Crippen molar-refractivity contribution in [3.63, 3.8) is 0 Å². The molecule has 1 aromatic rings. The van der Waals surface area contributed by atoms with Crippen molar-refractivity contribution in [3.05, 3.63) is 35.9 Å². The van der Waals surface area contributed by atoms with Crippen molar-refractivity contribution in [1.82, 2.24) is 4.90 Å². The molecule has 1 aromatic carbocycles. The summed E-state index contributed by atoms with van der Waals surface area (Å²) in [4.78, 5) is 25.9. The third-order valence-corrected chi connectivity index (χ3v) is 3.83. The molecule has 7 nitrogen and oxygen atoms in total. The standard InChI is InChI=1S/C18H25NO6/c1-17(2,3)25-16(22)19-11-18(23,12-20)9-14(19)15(21)24-10-13-7-5-4-6-8-13/h4-8,14,20,23H,9-12H2,1-3H3/t14-,18-/m0/s1. The van der Waals surface area contributed by atoms with E-state index >= 15 is 0 Å². The Kier molecular flexibility index (Phi) is 5.69. The average Bonchev–Trinajstić information content (AvgIpc) is 2.91. The average molecular weight is 351 g/mol. The second-order valence-electron chi connectivity index (χ2n) is 7.30. The summed E-state index contributed by atoms with van der Waals surface area (Å²) in [6, 6.07) is 8.14. The molecule has 0 saturated carbocycles. The summed E-state index contributed by atoms with van der Waals surface area (Å²) in [6.07, 6.45) is -0.824. The predicted molar refractivity (Wildman–Crippen MR) is 89.6 cm³/mol. The second kappa shape index (κ2) is 7.41. The first-order valence-electron chi connectivity index (χ1n) is 8.17. The molecule has 138 valence electrons. The Morgan fingerprint density at radius 3 is 2.48 bits per heavy atom. The minimum absolute atomic E-state index is 0.0654. The lowest BCUT2D eigenvalue weighted by atomic mass is 10.0. The highest BCUT2D eigenvalue weighted by molar-refractivity contribution is 5.82. The maximum atomic E-state index is 12.4. The molecule has 25 heavy (non-hydrogen) atoms.